The number of nitrogens with zero attached hydrogens (tertiary/aromatic N) is 1. The molecule has 1 heterocycles. The lowest BCUT2D eigenvalue weighted by Gasteiger charge is -2.18. The molecule has 2 nitrogen and oxygen atoms in total. The van der Waals surface area contributed by atoms with E-state index in [9.17, 15) is 12.9 Å². The zero-order valence-corrected chi connectivity index (χ0v) is 11.0. The summed E-state index contributed by atoms with van der Waals surface area (Å²) in [5.74, 6) is 0.459. The second-order valence-corrected chi connectivity index (χ2v) is 4.55. The van der Waals surface area contributed by atoms with E-state index in [1.807, 2.05) is 12.1 Å². The SMILES string of the molecule is Cc1cc(OCCc2ccncc2)ccc1[B-](F)(F)F. The molecule has 0 amide bonds. The van der Waals surface area contributed by atoms with Crippen LogP contribution in [0.5, 0.6) is 5.75 Å². The predicted molar refractivity (Wildman–Crippen MR) is 73.3 cm³/mol. The van der Waals surface area contributed by atoms with Crippen LogP contribution in [0.15, 0.2) is 42.7 Å². The number of halogens is 3. The van der Waals surface area contributed by atoms with Gasteiger partial charge in [-0.05, 0) is 36.8 Å². The minimum absolute atomic E-state index is 0.193. The van der Waals surface area contributed by atoms with Crippen LogP contribution in [-0.2, 0) is 6.42 Å². The number of ether oxygens (including phenoxy) is 1. The van der Waals surface area contributed by atoms with Gasteiger partial charge in [-0.25, -0.2) is 0 Å². The summed E-state index contributed by atoms with van der Waals surface area (Å²) in [6.07, 6.45) is 4.08. The number of rotatable bonds is 5. The van der Waals surface area contributed by atoms with Crippen LogP contribution >= 0.6 is 0 Å². The van der Waals surface area contributed by atoms with E-state index in [1.54, 1.807) is 12.4 Å². The van der Waals surface area contributed by atoms with Crippen LogP contribution in [-0.4, -0.2) is 18.6 Å². The molecule has 0 aliphatic rings. The fraction of sp³-hybridized carbons (Fsp3) is 0.214. The Kier molecular flexibility index (Phi) is 4.32. The normalized spacial score (nSPS) is 11.4. The molecule has 106 valence electrons. The van der Waals surface area contributed by atoms with Crippen LogP contribution in [0.25, 0.3) is 0 Å². The van der Waals surface area contributed by atoms with Crippen molar-refractivity contribution in [2.75, 3.05) is 6.61 Å². The Balaban J connectivity index is 1.96. The van der Waals surface area contributed by atoms with Gasteiger partial charge >= 0.3 is 6.98 Å². The first kappa shape index (κ1) is 14.4. The maximum absolute atomic E-state index is 12.7. The van der Waals surface area contributed by atoms with Crippen molar-refractivity contribution >= 4 is 12.4 Å². The van der Waals surface area contributed by atoms with Gasteiger partial charge in [-0.2, -0.15) is 0 Å². The third-order valence-corrected chi connectivity index (χ3v) is 3.00. The predicted octanol–water partition coefficient (Wildman–Crippen LogP) is 3.07. The molecule has 0 unspecified atom stereocenters. The summed E-state index contributed by atoms with van der Waals surface area (Å²) in [5, 5.41) is 0. The number of aryl methyl sites for hydroxylation is 1. The molecule has 20 heavy (non-hydrogen) atoms. The molecule has 0 aliphatic heterocycles. The van der Waals surface area contributed by atoms with Gasteiger partial charge in [-0.15, -0.1) is 5.46 Å². The van der Waals surface area contributed by atoms with E-state index in [0.29, 0.717) is 18.8 Å². The summed E-state index contributed by atoms with van der Waals surface area (Å²) >= 11 is 0. The van der Waals surface area contributed by atoms with E-state index in [-0.39, 0.29) is 5.56 Å². The maximum Gasteiger partial charge on any atom is 0.509 e. The third kappa shape index (κ3) is 3.76. The minimum Gasteiger partial charge on any atom is -0.493 e. The molecule has 2 aromatic rings. The van der Waals surface area contributed by atoms with Crippen LogP contribution in [0.1, 0.15) is 11.1 Å². The fourth-order valence-electron chi connectivity index (χ4n) is 1.94. The number of aromatic nitrogens is 1. The highest BCUT2D eigenvalue weighted by Crippen LogP contribution is 2.17. The standard InChI is InChI=1S/C14H14BF3NO/c1-11-10-13(2-3-14(11)15(16,17)18)20-9-6-12-4-7-19-8-5-12/h2-5,7-8,10H,6,9H2,1H3/q-1. The minimum atomic E-state index is -4.96. The second-order valence-electron chi connectivity index (χ2n) is 4.55. The highest BCUT2D eigenvalue weighted by Gasteiger charge is 2.27. The van der Waals surface area contributed by atoms with Crippen molar-refractivity contribution in [2.24, 2.45) is 0 Å². The number of pyridine rings is 1. The molecule has 0 radical (unpaired) electrons. The van der Waals surface area contributed by atoms with E-state index in [1.165, 1.54) is 19.1 Å². The van der Waals surface area contributed by atoms with Crippen LogP contribution < -0.4 is 10.2 Å². The van der Waals surface area contributed by atoms with E-state index < -0.39 is 12.4 Å². The highest BCUT2D eigenvalue weighted by atomic mass is 19.4. The molecule has 2 rings (SSSR count). The third-order valence-electron chi connectivity index (χ3n) is 3.00. The van der Waals surface area contributed by atoms with Gasteiger partial charge in [0.2, 0.25) is 0 Å². The van der Waals surface area contributed by atoms with Crippen LogP contribution in [0.3, 0.4) is 0 Å². The topological polar surface area (TPSA) is 22.1 Å². The Labute approximate surface area is 115 Å². The molecule has 0 N–H and O–H groups in total. The lowest BCUT2D eigenvalue weighted by molar-refractivity contribution is 0.322. The number of hydrogen-bond acceptors (Lipinski definition) is 2. The first-order valence-electron chi connectivity index (χ1n) is 6.29. The molecule has 0 bridgehead atoms. The molecular formula is C14H14BF3NO-. The molecule has 0 fully saturated rings. The molecule has 0 saturated heterocycles. The Bertz CT molecular complexity index is 572. The molecule has 0 spiro atoms. The number of benzene rings is 1. The monoisotopic (exact) mass is 280 g/mol. The molecular weight excluding hydrogens is 266 g/mol. The van der Waals surface area contributed by atoms with Crippen molar-refractivity contribution in [1.82, 2.24) is 4.98 Å². The van der Waals surface area contributed by atoms with Gasteiger partial charge < -0.3 is 17.7 Å². The molecule has 6 heteroatoms. The summed E-state index contributed by atoms with van der Waals surface area (Å²) in [7, 11) is 0. The molecule has 0 atom stereocenters. The summed E-state index contributed by atoms with van der Waals surface area (Å²) in [5.41, 5.74) is 0.706. The Morgan fingerprint density at radius 1 is 1.10 bits per heavy atom. The maximum atomic E-state index is 12.7. The zero-order chi connectivity index (χ0) is 14.6. The molecule has 1 aromatic carbocycles. The van der Waals surface area contributed by atoms with Crippen molar-refractivity contribution in [1.29, 1.82) is 0 Å². The Morgan fingerprint density at radius 3 is 2.40 bits per heavy atom. The highest BCUT2D eigenvalue weighted by molar-refractivity contribution is 6.74. The largest absolute Gasteiger partial charge is 0.509 e. The average molecular weight is 280 g/mol. The van der Waals surface area contributed by atoms with Gasteiger partial charge in [0.1, 0.15) is 5.75 Å². The van der Waals surface area contributed by atoms with Crippen molar-refractivity contribution < 1.29 is 17.7 Å². The van der Waals surface area contributed by atoms with E-state index >= 15 is 0 Å². The second kappa shape index (κ2) is 5.99. The van der Waals surface area contributed by atoms with Crippen LogP contribution in [0.2, 0.25) is 0 Å². The van der Waals surface area contributed by atoms with Gasteiger partial charge in [0.05, 0.1) is 6.61 Å². The average Bonchev–Trinajstić information content (AvgIpc) is 2.38. The molecule has 1 aromatic heterocycles. The van der Waals surface area contributed by atoms with Gasteiger partial charge in [0, 0.05) is 18.8 Å². The first-order chi connectivity index (χ1) is 9.47. The van der Waals surface area contributed by atoms with Gasteiger partial charge in [-0.1, -0.05) is 11.6 Å². The zero-order valence-electron chi connectivity index (χ0n) is 11.0. The van der Waals surface area contributed by atoms with Crippen molar-refractivity contribution in [2.45, 2.75) is 13.3 Å². The Morgan fingerprint density at radius 2 is 1.80 bits per heavy atom. The van der Waals surface area contributed by atoms with Gasteiger partial charge in [0.15, 0.2) is 0 Å². The van der Waals surface area contributed by atoms with Crippen molar-refractivity contribution in [3.05, 3.63) is 53.9 Å². The van der Waals surface area contributed by atoms with Crippen LogP contribution in [0, 0.1) is 6.92 Å². The summed E-state index contributed by atoms with van der Waals surface area (Å²) in [4.78, 5) is 3.91. The molecule has 0 aliphatic carbocycles. The van der Waals surface area contributed by atoms with E-state index in [2.05, 4.69) is 4.98 Å². The molecule has 0 saturated carbocycles. The lowest BCUT2D eigenvalue weighted by Crippen LogP contribution is -2.35. The van der Waals surface area contributed by atoms with E-state index in [4.69, 9.17) is 4.74 Å². The summed E-state index contributed by atoms with van der Waals surface area (Å²) < 4.78 is 43.5. The van der Waals surface area contributed by atoms with Crippen molar-refractivity contribution in [3.63, 3.8) is 0 Å². The fourth-order valence-corrected chi connectivity index (χ4v) is 1.94. The van der Waals surface area contributed by atoms with E-state index in [0.717, 1.165) is 11.6 Å². The summed E-state index contributed by atoms with van der Waals surface area (Å²) in [6.45, 7) is -3.10. The van der Waals surface area contributed by atoms with Gasteiger partial charge in [-0.3, -0.25) is 4.98 Å². The van der Waals surface area contributed by atoms with Gasteiger partial charge in [0.25, 0.3) is 0 Å². The first-order valence-corrected chi connectivity index (χ1v) is 6.29. The number of hydrogen-bond donors (Lipinski definition) is 0. The smallest absolute Gasteiger partial charge is 0.493 e. The van der Waals surface area contributed by atoms with Crippen LogP contribution in [0.4, 0.5) is 12.9 Å². The summed E-state index contributed by atoms with van der Waals surface area (Å²) in [6, 6.07) is 7.63. The quantitative estimate of drug-likeness (QED) is 0.785. The van der Waals surface area contributed by atoms with Crippen molar-refractivity contribution in [3.8, 4) is 5.75 Å². The Hall–Kier alpha value is -1.98. The lowest BCUT2D eigenvalue weighted by atomic mass is 9.77.